The van der Waals surface area contributed by atoms with Gasteiger partial charge < -0.3 is 14.1 Å². The minimum Gasteiger partial charge on any atom is -0.484 e. The van der Waals surface area contributed by atoms with Gasteiger partial charge in [0.1, 0.15) is 11.6 Å². The predicted molar refractivity (Wildman–Crippen MR) is 125 cm³/mol. The van der Waals surface area contributed by atoms with Gasteiger partial charge in [0.2, 0.25) is 5.91 Å². The molecule has 0 radical (unpaired) electrons. The summed E-state index contributed by atoms with van der Waals surface area (Å²) < 4.78 is 24.1. The van der Waals surface area contributed by atoms with E-state index < -0.39 is 0 Å². The van der Waals surface area contributed by atoms with Crippen LogP contribution < -0.4 is 9.64 Å². The fourth-order valence-electron chi connectivity index (χ4n) is 3.12. The van der Waals surface area contributed by atoms with Gasteiger partial charge in [0.05, 0.1) is 12.3 Å². The van der Waals surface area contributed by atoms with Crippen LogP contribution in [0.25, 0.3) is 0 Å². The van der Waals surface area contributed by atoms with Crippen molar-refractivity contribution in [2.24, 2.45) is 0 Å². The minimum atomic E-state index is -0.338. The molecular weight excluding hydrogens is 441 g/mol. The number of nitrogens with zero attached hydrogens (tertiary/aromatic N) is 3. The molecule has 0 saturated carbocycles. The van der Waals surface area contributed by atoms with E-state index in [-0.39, 0.29) is 35.2 Å². The Morgan fingerprint density at radius 3 is 2.58 bits per heavy atom. The van der Waals surface area contributed by atoms with Crippen LogP contribution in [0.15, 0.2) is 88.5 Å². The lowest BCUT2D eigenvalue weighted by atomic mass is 10.1. The van der Waals surface area contributed by atoms with Crippen molar-refractivity contribution in [2.45, 2.75) is 25.3 Å². The molecule has 0 unspecified atom stereocenters. The van der Waals surface area contributed by atoms with E-state index in [2.05, 4.69) is 10.2 Å². The summed E-state index contributed by atoms with van der Waals surface area (Å²) in [6, 6.07) is 23.4. The number of aryl methyl sites for hydroxylation is 1. The molecule has 0 bridgehead atoms. The van der Waals surface area contributed by atoms with Crippen LogP contribution in [-0.4, -0.2) is 21.9 Å². The van der Waals surface area contributed by atoms with Crippen LogP contribution in [0.4, 0.5) is 10.1 Å². The number of thioether (sulfide) groups is 1. The molecule has 0 saturated heterocycles. The number of benzene rings is 3. The molecule has 1 aromatic heterocycles. The molecule has 0 N–H and O–H groups in total. The molecule has 33 heavy (non-hydrogen) atoms. The van der Waals surface area contributed by atoms with E-state index in [0.717, 1.165) is 16.8 Å². The Morgan fingerprint density at radius 1 is 1.03 bits per heavy atom. The van der Waals surface area contributed by atoms with Gasteiger partial charge in [0.15, 0.2) is 6.61 Å². The Bertz CT molecular complexity index is 1200. The molecule has 4 rings (SSSR count). The zero-order valence-corrected chi connectivity index (χ0v) is 18.8. The molecule has 1 amide bonds. The van der Waals surface area contributed by atoms with E-state index in [1.165, 1.54) is 36.0 Å². The molecule has 8 heteroatoms. The Kier molecular flexibility index (Phi) is 7.36. The minimum absolute atomic E-state index is 0.0521. The number of anilines is 1. The number of rotatable bonds is 9. The monoisotopic (exact) mass is 463 g/mol. The Labute approximate surface area is 195 Å². The molecule has 3 aromatic carbocycles. The van der Waals surface area contributed by atoms with Crippen molar-refractivity contribution in [3.63, 3.8) is 0 Å². The molecule has 0 aliphatic rings. The fraction of sp³-hybridized carbons (Fsp3) is 0.160. The summed E-state index contributed by atoms with van der Waals surface area (Å²) in [4.78, 5) is 14.9. The highest BCUT2D eigenvalue weighted by atomic mass is 32.2. The van der Waals surface area contributed by atoms with Gasteiger partial charge in [-0.3, -0.25) is 4.79 Å². The van der Waals surface area contributed by atoms with Crippen LogP contribution in [0, 0.1) is 12.7 Å². The molecule has 1 heterocycles. The van der Waals surface area contributed by atoms with Crippen LogP contribution in [0.2, 0.25) is 0 Å². The summed E-state index contributed by atoms with van der Waals surface area (Å²) in [6.45, 7) is 2.51. The van der Waals surface area contributed by atoms with Crippen molar-refractivity contribution in [1.82, 2.24) is 10.2 Å². The second-order valence-electron chi connectivity index (χ2n) is 7.30. The topological polar surface area (TPSA) is 68.5 Å². The van der Waals surface area contributed by atoms with E-state index in [1.807, 2.05) is 61.5 Å². The Hall–Kier alpha value is -3.65. The molecule has 0 fully saturated rings. The molecule has 0 aliphatic carbocycles. The number of aromatic nitrogens is 2. The molecule has 0 spiro atoms. The number of carbonyl (C=O) groups is 1. The first-order valence-electron chi connectivity index (χ1n) is 10.3. The van der Waals surface area contributed by atoms with E-state index in [0.29, 0.717) is 12.3 Å². The lowest BCUT2D eigenvalue weighted by molar-refractivity contribution is -0.116. The Balaban J connectivity index is 1.38. The fourth-order valence-corrected chi connectivity index (χ4v) is 3.77. The molecule has 168 valence electrons. The van der Waals surface area contributed by atoms with Crippen molar-refractivity contribution in [3.05, 3.63) is 102 Å². The summed E-state index contributed by atoms with van der Waals surface area (Å²) in [5, 5.41) is 8.21. The summed E-state index contributed by atoms with van der Waals surface area (Å²) >= 11 is 1.17. The average molecular weight is 464 g/mol. The first kappa shape index (κ1) is 22.5. The van der Waals surface area contributed by atoms with Crippen molar-refractivity contribution in [2.75, 3.05) is 10.7 Å². The first-order valence-corrected chi connectivity index (χ1v) is 11.3. The number of halogens is 1. The smallest absolute Gasteiger partial charge is 0.277 e. The van der Waals surface area contributed by atoms with E-state index >= 15 is 0 Å². The molecular formula is C25H22FN3O3S. The Morgan fingerprint density at radius 2 is 1.82 bits per heavy atom. The molecule has 0 atom stereocenters. The zero-order chi connectivity index (χ0) is 23.0. The SMILES string of the molecule is Cc1cccc(N(Cc2ccccc2)C(=O)CSc2nnc(COc3ccc(F)cc3)o2)c1. The van der Waals surface area contributed by atoms with Crippen molar-refractivity contribution < 1.29 is 18.3 Å². The standard InChI is InChI=1S/C25H22FN3O3S/c1-18-6-5-9-21(14-18)29(15-19-7-3-2-4-8-19)24(30)17-33-25-28-27-23(32-25)16-31-22-12-10-20(26)11-13-22/h2-14H,15-17H2,1H3. The van der Waals surface area contributed by atoms with Crippen LogP contribution in [0.3, 0.4) is 0 Å². The van der Waals surface area contributed by atoms with E-state index in [4.69, 9.17) is 9.15 Å². The predicted octanol–water partition coefficient (Wildman–Crippen LogP) is 5.42. The number of ether oxygens (including phenoxy) is 1. The summed E-state index contributed by atoms with van der Waals surface area (Å²) in [7, 11) is 0. The third-order valence-corrected chi connectivity index (χ3v) is 5.54. The maximum absolute atomic E-state index is 13.1. The lowest BCUT2D eigenvalue weighted by Gasteiger charge is -2.23. The van der Waals surface area contributed by atoms with Crippen LogP contribution in [0.1, 0.15) is 17.0 Å². The lowest BCUT2D eigenvalue weighted by Crippen LogP contribution is -2.32. The van der Waals surface area contributed by atoms with Crippen molar-refractivity contribution in [1.29, 1.82) is 0 Å². The van der Waals surface area contributed by atoms with Gasteiger partial charge in [-0.2, -0.15) is 0 Å². The van der Waals surface area contributed by atoms with Crippen molar-refractivity contribution in [3.8, 4) is 5.75 Å². The van der Waals surface area contributed by atoms with Gasteiger partial charge >= 0.3 is 0 Å². The highest BCUT2D eigenvalue weighted by Gasteiger charge is 2.18. The highest BCUT2D eigenvalue weighted by molar-refractivity contribution is 7.99. The first-order chi connectivity index (χ1) is 16.1. The molecule has 6 nitrogen and oxygen atoms in total. The van der Waals surface area contributed by atoms with Gasteiger partial charge in [0.25, 0.3) is 11.1 Å². The third-order valence-electron chi connectivity index (χ3n) is 4.74. The maximum Gasteiger partial charge on any atom is 0.277 e. The summed E-state index contributed by atoms with van der Waals surface area (Å²) in [5.41, 5.74) is 2.95. The van der Waals surface area contributed by atoms with Gasteiger partial charge in [-0.25, -0.2) is 4.39 Å². The van der Waals surface area contributed by atoms with Crippen LogP contribution >= 0.6 is 11.8 Å². The molecule has 4 aromatic rings. The van der Waals surface area contributed by atoms with Gasteiger partial charge in [-0.15, -0.1) is 10.2 Å². The summed E-state index contributed by atoms with van der Waals surface area (Å²) in [6.07, 6.45) is 0. The van der Waals surface area contributed by atoms with Gasteiger partial charge in [-0.1, -0.05) is 54.2 Å². The third kappa shape index (κ3) is 6.43. The summed E-state index contributed by atoms with van der Waals surface area (Å²) in [5.74, 6) is 0.497. The normalized spacial score (nSPS) is 10.7. The van der Waals surface area contributed by atoms with Crippen molar-refractivity contribution >= 4 is 23.4 Å². The van der Waals surface area contributed by atoms with Gasteiger partial charge in [0, 0.05) is 5.69 Å². The number of amides is 1. The molecule has 0 aliphatic heterocycles. The van der Waals surface area contributed by atoms with Crippen LogP contribution in [0.5, 0.6) is 5.75 Å². The van der Waals surface area contributed by atoms with E-state index in [9.17, 15) is 9.18 Å². The van der Waals surface area contributed by atoms with Gasteiger partial charge in [-0.05, 0) is 54.4 Å². The largest absolute Gasteiger partial charge is 0.484 e. The number of hydrogen-bond acceptors (Lipinski definition) is 6. The maximum atomic E-state index is 13.1. The average Bonchev–Trinajstić information content (AvgIpc) is 3.29. The second-order valence-corrected chi connectivity index (χ2v) is 8.22. The number of hydrogen-bond donors (Lipinski definition) is 0. The van der Waals surface area contributed by atoms with E-state index in [1.54, 1.807) is 4.90 Å². The van der Waals surface area contributed by atoms with Crippen LogP contribution in [-0.2, 0) is 17.9 Å². The zero-order valence-electron chi connectivity index (χ0n) is 18.0. The second kappa shape index (κ2) is 10.8. The highest BCUT2D eigenvalue weighted by Crippen LogP contribution is 2.23. The number of carbonyl (C=O) groups excluding carboxylic acids is 1. The quantitative estimate of drug-likeness (QED) is 0.309.